The van der Waals surface area contributed by atoms with Crippen LogP contribution in [0.25, 0.3) is 0 Å². The van der Waals surface area contributed by atoms with Gasteiger partial charge in [0, 0.05) is 13.0 Å². The maximum absolute atomic E-state index is 13.0. The van der Waals surface area contributed by atoms with Crippen LogP contribution in [0.4, 0.5) is 0 Å². The van der Waals surface area contributed by atoms with Crippen molar-refractivity contribution in [3.8, 4) is 0 Å². The molecule has 434 valence electrons. The first kappa shape index (κ1) is 70.3. The van der Waals surface area contributed by atoms with E-state index in [9.17, 15) is 33.1 Å². The van der Waals surface area contributed by atoms with E-state index < -0.39 is 59.8 Å². The van der Waals surface area contributed by atoms with Crippen LogP contribution in [0, 0.1) is 0 Å². The van der Waals surface area contributed by atoms with Crippen LogP contribution >= 0.6 is 0 Å². The average Bonchev–Trinajstić information content (AvgIpc) is 3.39. The molecule has 1 rings (SSSR count). The molecule has 0 spiro atoms. The van der Waals surface area contributed by atoms with E-state index in [1.165, 1.54) is 128 Å². The number of carbonyl (C=O) groups is 1. The van der Waals surface area contributed by atoms with Gasteiger partial charge in [-0.2, -0.15) is 8.42 Å². The number of allylic oxidation sites excluding steroid dienone is 14. The van der Waals surface area contributed by atoms with Gasteiger partial charge < -0.3 is 34.3 Å². The van der Waals surface area contributed by atoms with E-state index in [2.05, 4.69) is 103 Å². The van der Waals surface area contributed by atoms with E-state index >= 15 is 0 Å². The summed E-state index contributed by atoms with van der Waals surface area (Å²) in [5.74, 6) is -0.413. The van der Waals surface area contributed by atoms with E-state index in [-0.39, 0.29) is 19.6 Å². The van der Waals surface area contributed by atoms with Gasteiger partial charge in [-0.3, -0.25) is 9.35 Å². The fourth-order valence-corrected chi connectivity index (χ4v) is 9.34. The number of aliphatic hydroxyl groups excluding tert-OH is 3. The first-order valence-electron chi connectivity index (χ1n) is 29.8. The highest BCUT2D eigenvalue weighted by atomic mass is 32.3. The molecule has 0 saturated carbocycles. The Morgan fingerprint density at radius 3 is 1.32 bits per heavy atom. The van der Waals surface area contributed by atoms with Crippen LogP contribution in [0.3, 0.4) is 0 Å². The van der Waals surface area contributed by atoms with Gasteiger partial charge in [0.1, 0.15) is 30.5 Å². The Labute approximate surface area is 457 Å². The Morgan fingerprint density at radius 1 is 0.520 bits per heavy atom. The van der Waals surface area contributed by atoms with E-state index in [0.717, 1.165) is 83.5 Å². The second kappa shape index (κ2) is 52.0. The predicted molar refractivity (Wildman–Crippen MR) is 308 cm³/mol. The number of unbranched alkanes of at least 4 members (excludes halogenated alkanes) is 25. The molecule has 0 amide bonds. The Kier molecular flexibility index (Phi) is 48.7. The third kappa shape index (κ3) is 44.9. The molecule has 4 N–H and O–H groups in total. The topological polar surface area (TPSA) is 178 Å². The predicted octanol–water partition coefficient (Wildman–Crippen LogP) is 15.1. The molecule has 0 aromatic rings. The molecule has 1 saturated heterocycles. The maximum Gasteiger partial charge on any atom is 0.397 e. The Bertz CT molecular complexity index is 1620. The van der Waals surface area contributed by atoms with Crippen molar-refractivity contribution in [2.45, 2.75) is 275 Å². The molecule has 12 nitrogen and oxygen atoms in total. The van der Waals surface area contributed by atoms with Crippen LogP contribution < -0.4 is 0 Å². The molecule has 0 bridgehead atoms. The van der Waals surface area contributed by atoms with Crippen molar-refractivity contribution in [3.05, 3.63) is 85.1 Å². The van der Waals surface area contributed by atoms with Gasteiger partial charge in [-0.25, -0.2) is 4.18 Å². The average molecular weight is 1080 g/mol. The number of hydrogen-bond acceptors (Lipinski definition) is 11. The van der Waals surface area contributed by atoms with Crippen molar-refractivity contribution in [2.24, 2.45) is 0 Å². The minimum atomic E-state index is -5.08. The molecule has 0 aromatic carbocycles. The zero-order valence-corrected chi connectivity index (χ0v) is 47.9. The summed E-state index contributed by atoms with van der Waals surface area (Å²) >= 11 is 0. The van der Waals surface area contributed by atoms with Gasteiger partial charge >= 0.3 is 16.4 Å². The summed E-state index contributed by atoms with van der Waals surface area (Å²) in [6.45, 7) is 3.80. The third-order valence-corrected chi connectivity index (χ3v) is 13.7. The van der Waals surface area contributed by atoms with E-state index in [1.54, 1.807) is 0 Å². The Morgan fingerprint density at radius 2 is 0.920 bits per heavy atom. The van der Waals surface area contributed by atoms with E-state index in [1.807, 2.05) is 0 Å². The van der Waals surface area contributed by atoms with Crippen LogP contribution in [-0.4, -0.2) is 97.5 Å². The molecule has 6 atom stereocenters. The quantitative estimate of drug-likeness (QED) is 0.0196. The summed E-state index contributed by atoms with van der Waals surface area (Å²) in [5, 5.41) is 30.9. The lowest BCUT2D eigenvalue weighted by Crippen LogP contribution is -2.60. The number of ether oxygens (including phenoxy) is 4. The summed E-state index contributed by atoms with van der Waals surface area (Å²) in [6, 6.07) is 0. The standard InChI is InChI=1S/C62H108O12S/c1-3-5-7-9-11-13-15-17-19-21-23-25-27-29-31-33-35-37-39-41-43-45-47-49-51-58(64)72-56(55-71-62-60(66)61(74-75(67,68)69)59(65)57(53-63)73-62)54-70-52-50-48-46-44-42-40-38-36-34-32-30-28-26-24-22-20-18-16-14-12-10-8-6-4-2/h6,8,12,14,18,20,24,26,30,32,36,38,42,44,56-57,59-63,65-66H,3-5,7,9-11,13,15-17,19,21-23,25,27-29,31,33-35,37,39-41,43,45-55H2,1-2H3,(H,67,68,69)/b8-6-,14-12-,20-18-,26-24-,32-30-,38-36-,44-42-. The molecule has 1 fully saturated rings. The fraction of sp³-hybridized carbons (Fsp3) is 0.758. The number of esters is 1. The summed E-state index contributed by atoms with van der Waals surface area (Å²) < 4.78 is 59.4. The number of aliphatic hydroxyl groups is 3. The largest absolute Gasteiger partial charge is 0.457 e. The highest BCUT2D eigenvalue weighted by Gasteiger charge is 2.48. The first-order chi connectivity index (χ1) is 36.6. The fourth-order valence-electron chi connectivity index (χ4n) is 8.83. The lowest BCUT2D eigenvalue weighted by molar-refractivity contribution is -0.301. The SMILES string of the molecule is CC/C=C\C/C=C\C/C=C\C/C=C\C/C=C\C/C=C\C/C=C\CCCCOCC(COC1OC(CO)C(O)C(OS(=O)(=O)O)C1O)OC(=O)CCCCCCCCCCCCCCCCCCCCCCCCCC. The molecule has 13 heteroatoms. The minimum Gasteiger partial charge on any atom is -0.457 e. The molecule has 0 aromatic heterocycles. The van der Waals surface area contributed by atoms with Gasteiger partial charge in [0.25, 0.3) is 0 Å². The van der Waals surface area contributed by atoms with Crippen molar-refractivity contribution in [2.75, 3.05) is 26.4 Å². The van der Waals surface area contributed by atoms with Crippen LogP contribution in [0.2, 0.25) is 0 Å². The molecule has 75 heavy (non-hydrogen) atoms. The zero-order valence-electron chi connectivity index (χ0n) is 47.1. The first-order valence-corrected chi connectivity index (χ1v) is 31.2. The van der Waals surface area contributed by atoms with Crippen LogP contribution in [0.5, 0.6) is 0 Å². The normalized spacial score (nSPS) is 19.3. The minimum absolute atomic E-state index is 0.00349. The Balaban J connectivity index is 2.33. The van der Waals surface area contributed by atoms with Crippen LogP contribution in [0.1, 0.15) is 239 Å². The summed E-state index contributed by atoms with van der Waals surface area (Å²) in [6.07, 6.45) is 62.0. The molecular weight excluding hydrogens is 969 g/mol. The monoisotopic (exact) mass is 1080 g/mol. The Hall–Kier alpha value is -2.72. The van der Waals surface area contributed by atoms with Gasteiger partial charge in [0.2, 0.25) is 0 Å². The summed E-state index contributed by atoms with van der Waals surface area (Å²) in [7, 11) is -5.08. The van der Waals surface area contributed by atoms with Crippen LogP contribution in [0.15, 0.2) is 85.1 Å². The molecule has 1 aliphatic heterocycles. The van der Waals surface area contributed by atoms with Crippen molar-refractivity contribution in [1.29, 1.82) is 0 Å². The van der Waals surface area contributed by atoms with Gasteiger partial charge in [-0.15, -0.1) is 0 Å². The lowest BCUT2D eigenvalue weighted by Gasteiger charge is -2.41. The second-order valence-corrected chi connectivity index (χ2v) is 21.3. The highest BCUT2D eigenvalue weighted by Crippen LogP contribution is 2.26. The highest BCUT2D eigenvalue weighted by molar-refractivity contribution is 7.80. The van der Waals surface area contributed by atoms with Gasteiger partial charge in [-0.05, 0) is 70.6 Å². The van der Waals surface area contributed by atoms with Crippen molar-refractivity contribution in [1.82, 2.24) is 0 Å². The molecule has 1 aliphatic rings. The number of rotatable bonds is 52. The summed E-state index contributed by atoms with van der Waals surface area (Å²) in [5.41, 5.74) is 0. The van der Waals surface area contributed by atoms with Crippen molar-refractivity contribution < 1.29 is 56.2 Å². The second-order valence-electron chi connectivity index (χ2n) is 20.2. The van der Waals surface area contributed by atoms with Gasteiger partial charge in [0.05, 0.1) is 19.8 Å². The number of hydrogen-bond donors (Lipinski definition) is 4. The van der Waals surface area contributed by atoms with Crippen molar-refractivity contribution in [3.63, 3.8) is 0 Å². The molecule has 0 radical (unpaired) electrons. The van der Waals surface area contributed by atoms with Crippen molar-refractivity contribution >= 4 is 16.4 Å². The third-order valence-electron chi connectivity index (χ3n) is 13.3. The lowest BCUT2D eigenvalue weighted by atomic mass is 9.99. The van der Waals surface area contributed by atoms with E-state index in [0.29, 0.717) is 13.0 Å². The molecule has 6 unspecified atom stereocenters. The summed E-state index contributed by atoms with van der Waals surface area (Å²) in [4.78, 5) is 13.0. The molecular formula is C62H108O12S. The van der Waals surface area contributed by atoms with Gasteiger partial charge in [-0.1, -0.05) is 247 Å². The van der Waals surface area contributed by atoms with E-state index in [4.69, 9.17) is 18.9 Å². The smallest absolute Gasteiger partial charge is 0.397 e. The maximum atomic E-state index is 13.0. The zero-order chi connectivity index (χ0) is 54.6. The number of carbonyl (C=O) groups excluding carboxylic acids is 1. The van der Waals surface area contributed by atoms with Crippen LogP contribution in [-0.2, 0) is 38.3 Å². The molecule has 1 heterocycles. The van der Waals surface area contributed by atoms with Gasteiger partial charge in [0.15, 0.2) is 6.29 Å². The molecule has 0 aliphatic carbocycles.